The molecule has 0 radical (unpaired) electrons. The highest BCUT2D eigenvalue weighted by Crippen LogP contribution is 2.36. The number of primary amides is 1. The van der Waals surface area contributed by atoms with Crippen LogP contribution in [0.3, 0.4) is 0 Å². The molecular formula is C19H21N5O2S. The zero-order valence-corrected chi connectivity index (χ0v) is 15.6. The van der Waals surface area contributed by atoms with Crippen molar-refractivity contribution >= 4 is 28.3 Å². The monoisotopic (exact) mass is 383 g/mol. The van der Waals surface area contributed by atoms with Crippen LogP contribution in [0.4, 0.5) is 9.80 Å². The van der Waals surface area contributed by atoms with Crippen molar-refractivity contribution < 1.29 is 9.59 Å². The zero-order valence-electron chi connectivity index (χ0n) is 14.7. The summed E-state index contributed by atoms with van der Waals surface area (Å²) in [6, 6.07) is 10.8. The lowest BCUT2D eigenvalue weighted by Gasteiger charge is -2.23. The molecule has 1 fully saturated rings. The molecule has 1 aliphatic heterocycles. The molecule has 1 aliphatic rings. The van der Waals surface area contributed by atoms with Crippen LogP contribution >= 0.6 is 11.3 Å². The Balaban J connectivity index is 1.88. The van der Waals surface area contributed by atoms with E-state index < -0.39 is 6.03 Å². The van der Waals surface area contributed by atoms with Gasteiger partial charge in [0.2, 0.25) is 0 Å². The first-order valence-corrected chi connectivity index (χ1v) is 9.56. The summed E-state index contributed by atoms with van der Waals surface area (Å²) >= 11 is 1.29. The van der Waals surface area contributed by atoms with Gasteiger partial charge in [-0.25, -0.2) is 4.79 Å². The highest BCUT2D eigenvalue weighted by molar-refractivity contribution is 7.20. The topological polar surface area (TPSA) is 120 Å². The number of benzene rings is 1. The first-order valence-electron chi connectivity index (χ1n) is 8.75. The van der Waals surface area contributed by atoms with Gasteiger partial charge in [-0.15, -0.1) is 11.3 Å². The molecule has 0 bridgehead atoms. The minimum absolute atomic E-state index is 0.0648. The number of nitrogens with zero attached hydrogens (tertiary/aromatic N) is 1. The number of carbonyl (C=O) groups is 2. The Kier molecular flexibility index (Phi) is 6.06. The molecule has 1 atom stereocenters. The lowest BCUT2D eigenvalue weighted by molar-refractivity contribution is 0.0932. The van der Waals surface area contributed by atoms with E-state index >= 15 is 0 Å². The summed E-state index contributed by atoms with van der Waals surface area (Å²) in [4.78, 5) is 24.9. The third-order valence-electron chi connectivity index (χ3n) is 4.34. The van der Waals surface area contributed by atoms with E-state index in [1.807, 2.05) is 24.3 Å². The number of hydrogen-bond acceptors (Lipinski definition) is 5. The van der Waals surface area contributed by atoms with Gasteiger partial charge in [0.1, 0.15) is 5.00 Å². The zero-order chi connectivity index (χ0) is 19.2. The van der Waals surface area contributed by atoms with Crippen molar-refractivity contribution in [2.75, 3.05) is 18.4 Å². The number of hydrogen-bond donors (Lipinski definition) is 4. The third-order valence-corrected chi connectivity index (χ3v) is 5.44. The van der Waals surface area contributed by atoms with E-state index in [2.05, 4.69) is 22.0 Å². The molecule has 5 N–H and O–H groups in total. The maximum Gasteiger partial charge on any atom is 0.317 e. The molecule has 0 spiro atoms. The van der Waals surface area contributed by atoms with Crippen LogP contribution in [0.15, 0.2) is 30.3 Å². The predicted molar refractivity (Wildman–Crippen MR) is 106 cm³/mol. The maximum absolute atomic E-state index is 12.8. The molecule has 2 aromatic rings. The number of thiophene rings is 1. The summed E-state index contributed by atoms with van der Waals surface area (Å²) < 4.78 is 0. The smallest absolute Gasteiger partial charge is 0.317 e. The summed E-state index contributed by atoms with van der Waals surface area (Å²) in [6.45, 7) is 1.69. The Bertz CT molecular complexity index is 880. The van der Waals surface area contributed by atoms with Crippen molar-refractivity contribution in [2.24, 2.45) is 5.73 Å². The Labute approximate surface area is 161 Å². The van der Waals surface area contributed by atoms with Crippen LogP contribution in [0.2, 0.25) is 0 Å². The first kappa shape index (κ1) is 18.9. The summed E-state index contributed by atoms with van der Waals surface area (Å²) in [5.74, 6) is -0.233. The molecule has 8 heteroatoms. The third kappa shape index (κ3) is 4.84. The minimum atomic E-state index is -0.713. The van der Waals surface area contributed by atoms with E-state index in [0.29, 0.717) is 17.0 Å². The van der Waals surface area contributed by atoms with Crippen LogP contribution in [0.25, 0.3) is 10.4 Å². The number of carbonyl (C=O) groups excluding carboxylic acids is 2. The molecule has 0 unspecified atom stereocenters. The van der Waals surface area contributed by atoms with Crippen LogP contribution in [0.1, 0.15) is 28.8 Å². The molecule has 0 saturated carbocycles. The number of nitrogens with two attached hydrogens (primary N) is 1. The second kappa shape index (κ2) is 8.66. The van der Waals surface area contributed by atoms with Crippen LogP contribution in [0, 0.1) is 11.3 Å². The molecule has 3 rings (SSSR count). The molecule has 27 heavy (non-hydrogen) atoms. The van der Waals surface area contributed by atoms with Crippen LogP contribution in [-0.4, -0.2) is 31.1 Å². The van der Waals surface area contributed by atoms with Crippen molar-refractivity contribution in [1.29, 1.82) is 5.26 Å². The number of amides is 3. The SMILES string of the molecule is N#CCc1cccc(-c2cc(C(=O)N[C@H]3CCCNC3)c(NC(N)=O)s2)c1. The average molecular weight is 383 g/mol. The lowest BCUT2D eigenvalue weighted by atomic mass is 10.1. The number of nitriles is 1. The molecule has 3 amide bonds. The van der Waals surface area contributed by atoms with Crippen LogP contribution in [-0.2, 0) is 6.42 Å². The van der Waals surface area contributed by atoms with Crippen LogP contribution in [0.5, 0.6) is 0 Å². The highest BCUT2D eigenvalue weighted by atomic mass is 32.1. The second-order valence-electron chi connectivity index (χ2n) is 6.39. The molecule has 1 aromatic heterocycles. The van der Waals surface area contributed by atoms with Crippen LogP contribution < -0.4 is 21.7 Å². The van der Waals surface area contributed by atoms with Gasteiger partial charge in [-0.2, -0.15) is 5.26 Å². The normalized spacial score (nSPS) is 16.3. The van der Waals surface area contributed by atoms with Gasteiger partial charge in [0.05, 0.1) is 18.1 Å². The van der Waals surface area contributed by atoms with Gasteiger partial charge in [0, 0.05) is 17.5 Å². The second-order valence-corrected chi connectivity index (χ2v) is 7.45. The summed E-state index contributed by atoms with van der Waals surface area (Å²) in [5.41, 5.74) is 7.44. The van der Waals surface area contributed by atoms with Crippen molar-refractivity contribution in [3.63, 3.8) is 0 Å². The van der Waals surface area contributed by atoms with E-state index in [1.165, 1.54) is 11.3 Å². The number of anilines is 1. The number of urea groups is 1. The summed E-state index contributed by atoms with van der Waals surface area (Å²) in [7, 11) is 0. The van der Waals surface area contributed by atoms with Crippen molar-refractivity contribution in [3.05, 3.63) is 41.5 Å². The van der Waals surface area contributed by atoms with Gasteiger partial charge >= 0.3 is 6.03 Å². The Morgan fingerprint density at radius 3 is 2.93 bits per heavy atom. The molecule has 1 saturated heterocycles. The van der Waals surface area contributed by atoms with Gasteiger partial charge in [-0.05, 0) is 42.6 Å². The Morgan fingerprint density at radius 2 is 2.22 bits per heavy atom. The molecular weight excluding hydrogens is 362 g/mol. The van der Waals surface area contributed by atoms with Gasteiger partial charge in [-0.3, -0.25) is 10.1 Å². The molecule has 0 aliphatic carbocycles. The van der Waals surface area contributed by atoms with E-state index in [9.17, 15) is 9.59 Å². The molecule has 2 heterocycles. The fourth-order valence-electron chi connectivity index (χ4n) is 3.07. The molecule has 140 valence electrons. The number of piperidine rings is 1. The lowest BCUT2D eigenvalue weighted by Crippen LogP contribution is -2.45. The van der Waals surface area contributed by atoms with Gasteiger partial charge in [-0.1, -0.05) is 18.2 Å². The average Bonchev–Trinajstić information content (AvgIpc) is 3.06. The van der Waals surface area contributed by atoms with E-state index in [1.54, 1.807) is 6.07 Å². The highest BCUT2D eigenvalue weighted by Gasteiger charge is 2.22. The van der Waals surface area contributed by atoms with E-state index in [-0.39, 0.29) is 11.9 Å². The van der Waals surface area contributed by atoms with Crippen molar-refractivity contribution in [3.8, 4) is 16.5 Å². The predicted octanol–water partition coefficient (Wildman–Crippen LogP) is 2.45. The largest absolute Gasteiger partial charge is 0.351 e. The molecule has 7 nitrogen and oxygen atoms in total. The fraction of sp³-hybridized carbons (Fsp3) is 0.316. The summed E-state index contributed by atoms with van der Waals surface area (Å²) in [6.07, 6.45) is 2.25. The van der Waals surface area contributed by atoms with E-state index in [0.717, 1.165) is 41.9 Å². The molecule has 1 aromatic carbocycles. The fourth-order valence-corrected chi connectivity index (χ4v) is 4.13. The minimum Gasteiger partial charge on any atom is -0.351 e. The first-order chi connectivity index (χ1) is 13.1. The van der Waals surface area contributed by atoms with Crippen molar-refractivity contribution in [2.45, 2.75) is 25.3 Å². The standard InChI is InChI=1S/C19H21N5O2S/c20-7-6-12-3-1-4-13(9-12)16-10-15(18(27-16)24-19(21)26)17(25)23-14-5-2-8-22-11-14/h1,3-4,9-10,14,22H,2,5-6,8,11H2,(H,23,25)(H3,21,24,26)/t14-/m0/s1. The van der Waals surface area contributed by atoms with Crippen molar-refractivity contribution in [1.82, 2.24) is 10.6 Å². The Hall–Kier alpha value is -2.89. The Morgan fingerprint density at radius 1 is 1.37 bits per heavy atom. The van der Waals surface area contributed by atoms with Gasteiger partial charge in [0.25, 0.3) is 5.91 Å². The maximum atomic E-state index is 12.8. The van der Waals surface area contributed by atoms with Gasteiger partial charge < -0.3 is 16.4 Å². The number of nitrogens with one attached hydrogen (secondary N) is 3. The number of rotatable bonds is 5. The van der Waals surface area contributed by atoms with E-state index in [4.69, 9.17) is 11.0 Å². The summed E-state index contributed by atoms with van der Waals surface area (Å²) in [5, 5.41) is 18.1. The van der Waals surface area contributed by atoms with Gasteiger partial charge in [0.15, 0.2) is 0 Å². The quantitative estimate of drug-likeness (QED) is 0.634.